The summed E-state index contributed by atoms with van der Waals surface area (Å²) >= 11 is -1.20. The van der Waals surface area contributed by atoms with Crippen molar-refractivity contribution in [1.82, 2.24) is 14.5 Å². The Kier molecular flexibility index (Phi) is 14.5. The highest BCUT2D eigenvalue weighted by Crippen LogP contribution is 2.35. The third-order valence-electron chi connectivity index (χ3n) is 10.8. The van der Waals surface area contributed by atoms with Crippen LogP contribution in [-0.2, 0) is 28.2 Å². The topological polar surface area (TPSA) is 98.1 Å². The number of aliphatic hydroxyl groups excluding tert-OH is 1. The molecule has 290 valence electrons. The molecule has 3 aromatic carbocycles. The highest BCUT2D eigenvalue weighted by molar-refractivity contribution is 7.90. The maximum atomic E-state index is 13.3. The van der Waals surface area contributed by atoms with Gasteiger partial charge >= 0.3 is 0 Å². The van der Waals surface area contributed by atoms with Crippen molar-refractivity contribution in [1.29, 1.82) is 0 Å². The molecule has 0 amide bonds. The lowest BCUT2D eigenvalue weighted by atomic mass is 9.93. The summed E-state index contributed by atoms with van der Waals surface area (Å²) in [6.45, 7) is 13.2. The van der Waals surface area contributed by atoms with E-state index in [1.807, 2.05) is 49.6 Å². The van der Waals surface area contributed by atoms with E-state index in [1.165, 1.54) is 18.5 Å². The number of likely N-dealkylation sites (tertiary alicyclic amines) is 1. The molecule has 54 heavy (non-hydrogen) atoms. The maximum absolute atomic E-state index is 13.3. The first-order valence-electron chi connectivity index (χ1n) is 19.8. The van der Waals surface area contributed by atoms with Gasteiger partial charge in [0.25, 0.3) is 0 Å². The molecular weight excluding hydrogens is 695 g/mol. The van der Waals surface area contributed by atoms with Crippen molar-refractivity contribution in [3.05, 3.63) is 95.6 Å². The number of aryl methyl sites for hydroxylation is 2. The van der Waals surface area contributed by atoms with Crippen LogP contribution in [0.3, 0.4) is 0 Å². The number of rotatable bonds is 17. The number of nitrogens with zero attached hydrogens (tertiary/aromatic N) is 4. The molecule has 0 spiro atoms. The van der Waals surface area contributed by atoms with E-state index in [0.29, 0.717) is 24.9 Å². The Morgan fingerprint density at radius 1 is 0.963 bits per heavy atom. The normalized spacial score (nSPS) is 17.6. The van der Waals surface area contributed by atoms with Crippen LogP contribution >= 0.6 is 0 Å². The van der Waals surface area contributed by atoms with Crippen LogP contribution in [0, 0.1) is 12.8 Å². The third-order valence-corrected chi connectivity index (χ3v) is 12.1. The van der Waals surface area contributed by atoms with Gasteiger partial charge in [0, 0.05) is 37.6 Å². The molecule has 0 aliphatic carbocycles. The van der Waals surface area contributed by atoms with Crippen LogP contribution in [0.1, 0.15) is 69.3 Å². The lowest BCUT2D eigenvalue weighted by Gasteiger charge is -2.36. The van der Waals surface area contributed by atoms with Crippen molar-refractivity contribution in [3.63, 3.8) is 0 Å². The number of piperidine rings is 1. The number of aromatic nitrogens is 2. The van der Waals surface area contributed by atoms with Crippen LogP contribution in [0.15, 0.2) is 83.5 Å². The molecule has 0 radical (unpaired) electrons. The van der Waals surface area contributed by atoms with E-state index < -0.39 is 17.4 Å². The van der Waals surface area contributed by atoms with Crippen LogP contribution in [0.4, 0.5) is 11.4 Å². The first kappa shape index (κ1) is 39.9. The molecule has 2 aliphatic heterocycles. The van der Waals surface area contributed by atoms with Crippen LogP contribution in [0.2, 0.25) is 0 Å². The summed E-state index contributed by atoms with van der Waals surface area (Å²) in [7, 11) is 2.22. The minimum absolute atomic E-state index is 0.421. The van der Waals surface area contributed by atoms with Crippen LogP contribution in [-0.4, -0.2) is 83.4 Å². The Balaban J connectivity index is 1.18. The highest BCUT2D eigenvalue weighted by Gasteiger charge is 2.24. The Hall–Kier alpha value is -3.80. The molecule has 4 aromatic rings. The molecule has 2 N–H and O–H groups in total. The molecule has 1 fully saturated rings. The van der Waals surface area contributed by atoms with Crippen LogP contribution in [0.25, 0.3) is 17.2 Å². The number of hydrogen-bond donors (Lipinski definition) is 2. The Morgan fingerprint density at radius 3 is 2.46 bits per heavy atom. The van der Waals surface area contributed by atoms with E-state index in [2.05, 4.69) is 82.0 Å². The average Bonchev–Trinajstić information content (AvgIpc) is 3.53. The molecule has 1 aromatic heterocycles. The van der Waals surface area contributed by atoms with Gasteiger partial charge in [-0.25, -0.2) is 4.98 Å². The fraction of sp³-hybridized carbons (Fsp3) is 0.477. The summed E-state index contributed by atoms with van der Waals surface area (Å²) in [4.78, 5) is 10.2. The molecular formula is C44H59N5O4S. The van der Waals surface area contributed by atoms with E-state index in [-0.39, 0.29) is 0 Å². The largest absolute Gasteiger partial charge is 0.611 e. The quantitative estimate of drug-likeness (QED) is 0.0634. The third kappa shape index (κ3) is 10.7. The fourth-order valence-corrected chi connectivity index (χ4v) is 8.63. The van der Waals surface area contributed by atoms with E-state index in [4.69, 9.17) is 9.47 Å². The number of fused-ring (bicyclic) bond motifs is 1. The van der Waals surface area contributed by atoms with E-state index >= 15 is 0 Å². The van der Waals surface area contributed by atoms with Gasteiger partial charge in [-0.05, 0) is 160 Å². The standard InChI is InChI=1S/C44H59N5O4S/c1-5-7-25-52-26-27-53-40-15-10-35(11-16-40)36-12-19-42-38(28-36)29-37(9-8-22-49(42)30-34-20-23-47(4)24-21-34)44(50)46-39-13-17-41(18-14-39)54(51)31-43-33(3)45-32-48(43)6-2/h10-19,28-29,32,34,44,46,50H,5-9,20-27,30-31H2,1-4H3/b37-29+. The van der Waals surface area contributed by atoms with Crippen LogP contribution < -0.4 is 15.0 Å². The average molecular weight is 754 g/mol. The minimum atomic E-state index is -1.20. The number of anilines is 2. The summed E-state index contributed by atoms with van der Waals surface area (Å²) in [5.41, 5.74) is 8.24. The van der Waals surface area contributed by atoms with Crippen molar-refractivity contribution < 1.29 is 19.1 Å². The summed E-state index contributed by atoms with van der Waals surface area (Å²) in [6.07, 6.45) is 9.52. The van der Waals surface area contributed by atoms with Crippen molar-refractivity contribution in [2.24, 2.45) is 5.92 Å². The lowest BCUT2D eigenvalue weighted by molar-refractivity contribution is 0.0981. The fourth-order valence-electron chi connectivity index (χ4n) is 7.41. The lowest BCUT2D eigenvalue weighted by Crippen LogP contribution is -2.38. The van der Waals surface area contributed by atoms with Gasteiger partial charge in [-0.15, -0.1) is 0 Å². The van der Waals surface area contributed by atoms with E-state index in [1.54, 1.807) is 0 Å². The zero-order valence-electron chi connectivity index (χ0n) is 32.6. The summed E-state index contributed by atoms with van der Waals surface area (Å²) in [5, 5.41) is 14.9. The number of hydrogen-bond acceptors (Lipinski definition) is 8. The van der Waals surface area contributed by atoms with Gasteiger partial charge in [0.15, 0.2) is 10.6 Å². The summed E-state index contributed by atoms with van der Waals surface area (Å²) in [5.74, 6) is 1.93. The van der Waals surface area contributed by atoms with Gasteiger partial charge in [-0.2, -0.15) is 0 Å². The SMILES string of the molecule is CCCCOCCOc1ccc(-c2ccc3c(c2)/C=C(/C(O)Nc2ccc([S+]([O-])Cc4c(C)ncn4CC)cc2)CCCN3CC2CCN(C)CC2)cc1. The monoisotopic (exact) mass is 753 g/mol. The molecule has 2 atom stereocenters. The van der Waals surface area contributed by atoms with Gasteiger partial charge < -0.3 is 38.8 Å². The van der Waals surface area contributed by atoms with Gasteiger partial charge in [-0.1, -0.05) is 31.5 Å². The molecule has 0 bridgehead atoms. The Labute approximate surface area is 325 Å². The second kappa shape index (κ2) is 19.7. The number of benzene rings is 3. The summed E-state index contributed by atoms with van der Waals surface area (Å²) < 4.78 is 26.9. The highest BCUT2D eigenvalue weighted by atomic mass is 32.2. The van der Waals surface area contributed by atoms with Gasteiger partial charge in [-0.3, -0.25) is 0 Å². The van der Waals surface area contributed by atoms with E-state index in [9.17, 15) is 9.66 Å². The van der Waals surface area contributed by atoms with Gasteiger partial charge in [0.05, 0.1) is 24.3 Å². The Morgan fingerprint density at radius 2 is 1.72 bits per heavy atom. The number of unbranched alkanes of at least 4 members (excludes halogenated alkanes) is 1. The van der Waals surface area contributed by atoms with E-state index in [0.717, 1.165) is 115 Å². The molecule has 0 saturated carbocycles. The number of imidazole rings is 1. The molecule has 3 heterocycles. The molecule has 2 aliphatic rings. The molecule has 2 unspecified atom stereocenters. The second-order valence-corrected chi connectivity index (χ2v) is 16.2. The van der Waals surface area contributed by atoms with Crippen LogP contribution in [0.5, 0.6) is 5.75 Å². The predicted molar refractivity (Wildman–Crippen MR) is 222 cm³/mol. The molecule has 1 saturated heterocycles. The zero-order valence-corrected chi connectivity index (χ0v) is 33.5. The number of nitrogens with one attached hydrogen (secondary N) is 1. The first-order valence-corrected chi connectivity index (χ1v) is 21.2. The first-order chi connectivity index (χ1) is 26.3. The Bertz CT molecular complexity index is 1790. The minimum Gasteiger partial charge on any atom is -0.611 e. The summed E-state index contributed by atoms with van der Waals surface area (Å²) in [6, 6.07) is 22.6. The molecule has 6 rings (SSSR count). The maximum Gasteiger partial charge on any atom is 0.153 e. The van der Waals surface area contributed by atoms with Gasteiger partial charge in [0.1, 0.15) is 18.6 Å². The smallest absolute Gasteiger partial charge is 0.153 e. The van der Waals surface area contributed by atoms with Crippen molar-refractivity contribution in [3.8, 4) is 16.9 Å². The van der Waals surface area contributed by atoms with Crippen molar-refractivity contribution in [2.45, 2.75) is 82.7 Å². The van der Waals surface area contributed by atoms with Crippen molar-refractivity contribution >= 4 is 28.6 Å². The van der Waals surface area contributed by atoms with Gasteiger partial charge in [0.2, 0.25) is 0 Å². The zero-order chi connectivity index (χ0) is 37.9. The number of aliphatic hydroxyl groups is 1. The van der Waals surface area contributed by atoms with Crippen molar-refractivity contribution in [2.75, 3.05) is 63.3 Å². The molecule has 10 heteroatoms. The number of ether oxygens (including phenoxy) is 2. The molecule has 9 nitrogen and oxygen atoms in total. The predicted octanol–water partition coefficient (Wildman–Crippen LogP) is 8.14. The second-order valence-electron chi connectivity index (χ2n) is 14.8.